The van der Waals surface area contributed by atoms with Gasteiger partial charge in [0, 0.05) is 23.7 Å². The Morgan fingerprint density at radius 2 is 2.37 bits per heavy atom. The van der Waals surface area contributed by atoms with Crippen molar-refractivity contribution in [2.75, 3.05) is 6.54 Å². The van der Waals surface area contributed by atoms with E-state index in [1.807, 2.05) is 0 Å². The molecule has 0 bridgehead atoms. The molecule has 1 aliphatic heterocycles. The number of hydroxylamine groups is 1. The van der Waals surface area contributed by atoms with E-state index in [1.54, 1.807) is 6.07 Å². The van der Waals surface area contributed by atoms with Crippen LogP contribution < -0.4 is 5.48 Å². The van der Waals surface area contributed by atoms with Gasteiger partial charge in [0.1, 0.15) is 5.82 Å². The molecule has 1 heterocycles. The van der Waals surface area contributed by atoms with Crippen molar-refractivity contribution in [1.82, 2.24) is 10.4 Å². The lowest BCUT2D eigenvalue weighted by Crippen LogP contribution is -2.28. The molecule has 2 N–H and O–H groups in total. The first-order valence-corrected chi connectivity index (χ1v) is 6.62. The second-order valence-corrected chi connectivity index (χ2v) is 4.92. The predicted molar refractivity (Wildman–Crippen MR) is 69.4 cm³/mol. The molecular weight excluding hydrogens is 247 g/mol. The third kappa shape index (κ3) is 3.11. The van der Waals surface area contributed by atoms with Gasteiger partial charge in [-0.25, -0.2) is 9.87 Å². The van der Waals surface area contributed by atoms with Gasteiger partial charge in [0.2, 0.25) is 0 Å². The first-order chi connectivity index (χ1) is 9.15. The number of amides is 1. The molecule has 0 aliphatic carbocycles. The van der Waals surface area contributed by atoms with Crippen LogP contribution in [0.25, 0.3) is 0 Å². The van der Waals surface area contributed by atoms with Crippen LogP contribution in [0.5, 0.6) is 0 Å². The van der Waals surface area contributed by atoms with Crippen LogP contribution in [-0.2, 0) is 6.54 Å². The normalized spacial score (nSPS) is 19.6. The van der Waals surface area contributed by atoms with Crippen molar-refractivity contribution >= 4 is 5.91 Å². The van der Waals surface area contributed by atoms with Gasteiger partial charge in [0.25, 0.3) is 5.91 Å². The molecule has 4 nitrogen and oxygen atoms in total. The largest absolute Gasteiger partial charge is 0.296 e. The highest BCUT2D eigenvalue weighted by molar-refractivity contribution is 5.93. The van der Waals surface area contributed by atoms with Gasteiger partial charge in [-0.15, -0.1) is 0 Å². The van der Waals surface area contributed by atoms with Crippen molar-refractivity contribution in [2.24, 2.45) is 0 Å². The molecule has 1 amide bonds. The highest BCUT2D eigenvalue weighted by atomic mass is 19.1. The Labute approximate surface area is 112 Å². The number of carbonyl (C=O) groups is 1. The summed E-state index contributed by atoms with van der Waals surface area (Å²) in [7, 11) is 0. The molecule has 1 aromatic rings. The summed E-state index contributed by atoms with van der Waals surface area (Å²) in [6, 6.07) is 4.84. The van der Waals surface area contributed by atoms with Crippen molar-refractivity contribution in [3.05, 3.63) is 35.1 Å². The van der Waals surface area contributed by atoms with Crippen LogP contribution in [0.4, 0.5) is 4.39 Å². The SMILES string of the molecule is CC[C@@H]1CCCN1Cc1ccc(C(=O)NO)cc1F. The van der Waals surface area contributed by atoms with Gasteiger partial charge in [-0.1, -0.05) is 13.0 Å². The molecule has 0 spiro atoms. The molecule has 1 fully saturated rings. The van der Waals surface area contributed by atoms with Crippen LogP contribution in [-0.4, -0.2) is 28.6 Å². The van der Waals surface area contributed by atoms with Crippen molar-refractivity contribution < 1.29 is 14.4 Å². The van der Waals surface area contributed by atoms with E-state index in [1.165, 1.54) is 18.0 Å². The van der Waals surface area contributed by atoms with Crippen LogP contribution >= 0.6 is 0 Å². The summed E-state index contributed by atoms with van der Waals surface area (Å²) in [6.07, 6.45) is 3.40. The minimum Gasteiger partial charge on any atom is -0.296 e. The summed E-state index contributed by atoms with van der Waals surface area (Å²) in [5.41, 5.74) is 2.22. The summed E-state index contributed by atoms with van der Waals surface area (Å²) in [4.78, 5) is 13.5. The maximum absolute atomic E-state index is 13.9. The fraction of sp³-hybridized carbons (Fsp3) is 0.500. The van der Waals surface area contributed by atoms with Crippen molar-refractivity contribution in [2.45, 2.75) is 38.8 Å². The number of hydrogen-bond acceptors (Lipinski definition) is 3. The molecule has 1 atom stereocenters. The summed E-state index contributed by atoms with van der Waals surface area (Å²) < 4.78 is 13.9. The molecule has 1 aliphatic rings. The minimum atomic E-state index is -0.696. The van der Waals surface area contributed by atoms with Gasteiger partial charge >= 0.3 is 0 Å². The highest BCUT2D eigenvalue weighted by Gasteiger charge is 2.23. The van der Waals surface area contributed by atoms with E-state index in [0.717, 1.165) is 25.5 Å². The van der Waals surface area contributed by atoms with Crippen LogP contribution in [0.15, 0.2) is 18.2 Å². The maximum atomic E-state index is 13.9. The van der Waals surface area contributed by atoms with E-state index in [4.69, 9.17) is 5.21 Å². The Bertz CT molecular complexity index is 465. The van der Waals surface area contributed by atoms with Gasteiger partial charge in [-0.2, -0.15) is 0 Å². The Balaban J connectivity index is 2.11. The monoisotopic (exact) mass is 266 g/mol. The molecule has 0 radical (unpaired) electrons. The van der Waals surface area contributed by atoms with Crippen molar-refractivity contribution in [3.63, 3.8) is 0 Å². The molecule has 0 saturated carbocycles. The van der Waals surface area contributed by atoms with E-state index in [2.05, 4.69) is 11.8 Å². The number of nitrogens with zero attached hydrogens (tertiary/aromatic N) is 1. The van der Waals surface area contributed by atoms with Gasteiger partial charge in [0.05, 0.1) is 0 Å². The van der Waals surface area contributed by atoms with Crippen molar-refractivity contribution in [3.8, 4) is 0 Å². The molecule has 104 valence electrons. The van der Waals surface area contributed by atoms with Crippen LogP contribution in [0.1, 0.15) is 42.1 Å². The first kappa shape index (κ1) is 14.0. The molecule has 0 aromatic heterocycles. The van der Waals surface area contributed by atoms with Gasteiger partial charge < -0.3 is 0 Å². The molecule has 0 unspecified atom stereocenters. The second kappa shape index (κ2) is 6.12. The third-order valence-electron chi connectivity index (χ3n) is 3.76. The van der Waals surface area contributed by atoms with E-state index < -0.39 is 11.7 Å². The Morgan fingerprint density at radius 1 is 1.58 bits per heavy atom. The predicted octanol–water partition coefficient (Wildman–Crippen LogP) is 2.32. The number of likely N-dealkylation sites (tertiary alicyclic amines) is 1. The summed E-state index contributed by atoms with van der Waals surface area (Å²) >= 11 is 0. The zero-order valence-electron chi connectivity index (χ0n) is 11.0. The molecule has 1 aromatic carbocycles. The van der Waals surface area contributed by atoms with Crippen molar-refractivity contribution in [1.29, 1.82) is 0 Å². The number of benzene rings is 1. The lowest BCUT2D eigenvalue weighted by atomic mass is 10.1. The number of halogens is 1. The Kier molecular flexibility index (Phi) is 4.50. The average Bonchev–Trinajstić information content (AvgIpc) is 2.87. The number of nitrogens with one attached hydrogen (secondary N) is 1. The Hall–Kier alpha value is -1.46. The quantitative estimate of drug-likeness (QED) is 0.649. The summed E-state index contributed by atoms with van der Waals surface area (Å²) in [5, 5.41) is 8.51. The van der Waals surface area contributed by atoms with Gasteiger partial charge in [-0.05, 0) is 37.9 Å². The average molecular weight is 266 g/mol. The molecular formula is C14H19FN2O2. The fourth-order valence-corrected chi connectivity index (χ4v) is 2.67. The maximum Gasteiger partial charge on any atom is 0.274 e. The summed E-state index contributed by atoms with van der Waals surface area (Å²) in [5.74, 6) is -1.10. The fourth-order valence-electron chi connectivity index (χ4n) is 2.67. The highest BCUT2D eigenvalue weighted by Crippen LogP contribution is 2.23. The van der Waals surface area contributed by atoms with E-state index in [9.17, 15) is 9.18 Å². The molecule has 2 rings (SSSR count). The lowest BCUT2D eigenvalue weighted by molar-refractivity contribution is 0.0706. The number of hydrogen-bond donors (Lipinski definition) is 2. The van der Waals surface area contributed by atoms with E-state index in [0.29, 0.717) is 18.2 Å². The third-order valence-corrected chi connectivity index (χ3v) is 3.76. The van der Waals surface area contributed by atoms with Crippen LogP contribution in [0, 0.1) is 5.82 Å². The van der Waals surface area contributed by atoms with E-state index in [-0.39, 0.29) is 5.56 Å². The standard InChI is InChI=1S/C14H19FN2O2/c1-2-12-4-3-7-17(12)9-11-6-5-10(8-13(11)15)14(18)16-19/h5-6,8,12,19H,2-4,7,9H2,1H3,(H,16,18)/t12-/m1/s1. The molecule has 19 heavy (non-hydrogen) atoms. The second-order valence-electron chi connectivity index (χ2n) is 4.92. The van der Waals surface area contributed by atoms with Crippen LogP contribution in [0.3, 0.4) is 0 Å². The minimum absolute atomic E-state index is 0.122. The van der Waals surface area contributed by atoms with E-state index >= 15 is 0 Å². The van der Waals surface area contributed by atoms with Gasteiger partial charge in [0.15, 0.2) is 0 Å². The van der Waals surface area contributed by atoms with Crippen LogP contribution in [0.2, 0.25) is 0 Å². The van der Waals surface area contributed by atoms with Gasteiger partial charge in [-0.3, -0.25) is 14.9 Å². The first-order valence-electron chi connectivity index (χ1n) is 6.62. The topological polar surface area (TPSA) is 52.6 Å². The molecule has 1 saturated heterocycles. The zero-order valence-corrected chi connectivity index (χ0v) is 11.0. The Morgan fingerprint density at radius 3 is 3.00 bits per heavy atom. The summed E-state index contributed by atoms with van der Waals surface area (Å²) in [6.45, 7) is 3.72. The smallest absolute Gasteiger partial charge is 0.274 e. The number of carbonyl (C=O) groups excluding carboxylic acids is 1. The zero-order chi connectivity index (χ0) is 13.8. The molecule has 5 heteroatoms. The number of rotatable bonds is 4. The lowest BCUT2D eigenvalue weighted by Gasteiger charge is -2.23.